The van der Waals surface area contributed by atoms with Gasteiger partial charge in [-0.05, 0) is 44.1 Å². The van der Waals surface area contributed by atoms with Crippen LogP contribution < -0.4 is 5.73 Å². The van der Waals surface area contributed by atoms with Crippen molar-refractivity contribution >= 4 is 29.6 Å². The van der Waals surface area contributed by atoms with E-state index in [0.29, 0.717) is 12.8 Å². The highest BCUT2D eigenvalue weighted by Crippen LogP contribution is 2.20. The maximum absolute atomic E-state index is 13.9. The van der Waals surface area contributed by atoms with Crippen LogP contribution in [-0.4, -0.2) is 113 Å². The van der Waals surface area contributed by atoms with Crippen LogP contribution in [0.2, 0.25) is 0 Å². The molecule has 0 aliphatic heterocycles. The number of nitrogens with two attached hydrogens (primary N) is 1. The molecule has 1 rings (SSSR count). The molecule has 230 valence electrons. The number of carbonyl (C=O) groups excluding carboxylic acids is 4. The Morgan fingerprint density at radius 3 is 1.68 bits per heavy atom. The molecule has 0 saturated heterocycles. The number of amides is 4. The van der Waals surface area contributed by atoms with Gasteiger partial charge in [0, 0.05) is 28.2 Å². The Kier molecular flexibility index (Phi) is 13.4. The second kappa shape index (κ2) is 15.5. The van der Waals surface area contributed by atoms with Gasteiger partial charge in [0.15, 0.2) is 0 Å². The molecule has 0 bridgehead atoms. The molecule has 1 aromatic rings. The van der Waals surface area contributed by atoms with E-state index >= 15 is 0 Å². The van der Waals surface area contributed by atoms with Crippen LogP contribution in [0.25, 0.3) is 0 Å². The molecule has 11 heteroatoms. The molecule has 0 aliphatic carbocycles. The molecule has 0 saturated carbocycles. The van der Waals surface area contributed by atoms with E-state index in [9.17, 15) is 29.1 Å². The topological polar surface area (TPSA) is 145 Å². The van der Waals surface area contributed by atoms with E-state index in [2.05, 4.69) is 0 Å². The number of likely N-dealkylation sites (N-methyl/N-ethyl adjacent to an activating group) is 4. The lowest BCUT2D eigenvalue weighted by Gasteiger charge is -2.39. The molecular weight excluding hydrogens is 526 g/mol. The molecular formula is C30H49N5O6. The van der Waals surface area contributed by atoms with Crippen LogP contribution in [0.4, 0.5) is 0 Å². The zero-order chi connectivity index (χ0) is 31.8. The first-order valence-corrected chi connectivity index (χ1v) is 14.0. The second-order valence-corrected chi connectivity index (χ2v) is 11.6. The van der Waals surface area contributed by atoms with E-state index in [1.54, 1.807) is 7.05 Å². The fraction of sp³-hybridized carbons (Fsp3) is 0.633. The van der Waals surface area contributed by atoms with Crippen LogP contribution in [0, 0.1) is 11.8 Å². The Balaban J connectivity index is 3.22. The molecule has 0 aromatic heterocycles. The quantitative estimate of drug-likeness (QED) is 0.343. The number of carboxylic acid groups (broad SMARTS) is 1. The van der Waals surface area contributed by atoms with Gasteiger partial charge in [-0.2, -0.15) is 0 Å². The van der Waals surface area contributed by atoms with Crippen molar-refractivity contribution < 1.29 is 29.1 Å². The van der Waals surface area contributed by atoms with E-state index in [1.807, 2.05) is 58.0 Å². The number of benzene rings is 1. The lowest BCUT2D eigenvalue weighted by Crippen LogP contribution is -2.60. The zero-order valence-corrected chi connectivity index (χ0v) is 26.2. The van der Waals surface area contributed by atoms with Crippen LogP contribution in [0.1, 0.15) is 53.5 Å². The number of hydrogen-bond acceptors (Lipinski definition) is 6. The third-order valence-corrected chi connectivity index (χ3v) is 7.63. The zero-order valence-electron chi connectivity index (χ0n) is 26.2. The molecule has 0 fully saturated rings. The summed E-state index contributed by atoms with van der Waals surface area (Å²) in [6, 6.07) is 4.72. The maximum Gasteiger partial charge on any atom is 0.326 e. The number of aliphatic carboxylic acids is 1. The number of carbonyl (C=O) groups is 5. The Hall–Kier alpha value is -3.47. The van der Waals surface area contributed by atoms with E-state index in [-0.39, 0.29) is 17.7 Å². The molecule has 0 spiro atoms. The van der Waals surface area contributed by atoms with Crippen molar-refractivity contribution in [2.24, 2.45) is 17.6 Å². The molecule has 41 heavy (non-hydrogen) atoms. The van der Waals surface area contributed by atoms with Gasteiger partial charge < -0.3 is 30.4 Å². The molecule has 0 unspecified atom stereocenters. The van der Waals surface area contributed by atoms with Crippen molar-refractivity contribution in [3.05, 3.63) is 35.9 Å². The number of nitrogens with zero attached hydrogens (tertiary/aromatic N) is 4. The summed E-state index contributed by atoms with van der Waals surface area (Å²) in [5.41, 5.74) is 7.16. The van der Waals surface area contributed by atoms with Crippen LogP contribution in [0.5, 0.6) is 0 Å². The molecule has 1 aromatic carbocycles. The summed E-state index contributed by atoms with van der Waals surface area (Å²) in [5, 5.41) is 9.29. The van der Waals surface area contributed by atoms with Gasteiger partial charge in [0.2, 0.25) is 23.6 Å². The van der Waals surface area contributed by atoms with Crippen molar-refractivity contribution in [2.75, 3.05) is 28.2 Å². The predicted octanol–water partition coefficient (Wildman–Crippen LogP) is 1.69. The molecule has 0 radical (unpaired) electrons. The van der Waals surface area contributed by atoms with Crippen LogP contribution >= 0.6 is 0 Å². The van der Waals surface area contributed by atoms with Crippen LogP contribution in [0.15, 0.2) is 30.3 Å². The fourth-order valence-corrected chi connectivity index (χ4v) is 4.73. The van der Waals surface area contributed by atoms with Gasteiger partial charge in [-0.15, -0.1) is 0 Å². The van der Waals surface area contributed by atoms with Crippen molar-refractivity contribution in [1.29, 1.82) is 0 Å². The van der Waals surface area contributed by atoms with Gasteiger partial charge in [0.1, 0.15) is 24.2 Å². The Bertz CT molecular complexity index is 1060. The maximum atomic E-state index is 13.9. The van der Waals surface area contributed by atoms with Crippen LogP contribution in [0.3, 0.4) is 0 Å². The Morgan fingerprint density at radius 1 is 0.707 bits per heavy atom. The smallest absolute Gasteiger partial charge is 0.326 e. The third-order valence-electron chi connectivity index (χ3n) is 7.63. The minimum Gasteiger partial charge on any atom is -0.480 e. The summed E-state index contributed by atoms with van der Waals surface area (Å²) >= 11 is 0. The molecule has 5 atom stereocenters. The Morgan fingerprint density at radius 2 is 1.22 bits per heavy atom. The molecule has 0 aliphatic rings. The summed E-state index contributed by atoms with van der Waals surface area (Å²) in [5.74, 6) is -3.19. The second-order valence-electron chi connectivity index (χ2n) is 11.6. The molecule has 3 N–H and O–H groups in total. The standard InChI is InChI=1S/C30H49N5O6/c1-18(2)16-24(28(38)32(7)20(5)26(36)33(8)21(6)30(40)41)34(9)29(39)25(19(3)4)35(10)27(37)23(31)17-22-14-12-11-13-15-22/h11-15,18-21,23-25H,16-17,31H2,1-10H3,(H,40,41)/t20-,21-,23-,24-,25-/m0/s1. The first kappa shape index (κ1) is 35.6. The minimum atomic E-state index is -1.16. The molecule has 11 nitrogen and oxygen atoms in total. The van der Waals surface area contributed by atoms with Crippen molar-refractivity contribution in [3.8, 4) is 0 Å². The molecule has 4 amide bonds. The van der Waals surface area contributed by atoms with Gasteiger partial charge in [-0.25, -0.2) is 4.79 Å². The van der Waals surface area contributed by atoms with Crippen LogP contribution in [-0.2, 0) is 30.4 Å². The van der Waals surface area contributed by atoms with E-state index in [1.165, 1.54) is 49.7 Å². The monoisotopic (exact) mass is 575 g/mol. The lowest BCUT2D eigenvalue weighted by molar-refractivity contribution is -0.156. The number of rotatable bonds is 14. The van der Waals surface area contributed by atoms with Gasteiger partial charge in [-0.1, -0.05) is 58.0 Å². The fourth-order valence-electron chi connectivity index (χ4n) is 4.73. The highest BCUT2D eigenvalue weighted by atomic mass is 16.4. The highest BCUT2D eigenvalue weighted by Gasteiger charge is 2.40. The number of carboxylic acids is 1. The number of hydrogen-bond donors (Lipinski definition) is 2. The van der Waals surface area contributed by atoms with Gasteiger partial charge in [0.05, 0.1) is 6.04 Å². The minimum absolute atomic E-state index is 0.0319. The third kappa shape index (κ3) is 9.27. The van der Waals surface area contributed by atoms with E-state index in [0.717, 1.165) is 10.5 Å². The summed E-state index contributed by atoms with van der Waals surface area (Å²) in [6.45, 7) is 10.4. The van der Waals surface area contributed by atoms with Crippen molar-refractivity contribution in [3.63, 3.8) is 0 Å². The van der Waals surface area contributed by atoms with Gasteiger partial charge in [-0.3, -0.25) is 19.2 Å². The summed E-state index contributed by atoms with van der Waals surface area (Å²) in [7, 11) is 5.92. The normalized spacial score (nSPS) is 15.0. The Labute approximate surface area is 244 Å². The van der Waals surface area contributed by atoms with Gasteiger partial charge in [0.25, 0.3) is 0 Å². The van der Waals surface area contributed by atoms with E-state index < -0.39 is 53.9 Å². The van der Waals surface area contributed by atoms with E-state index in [4.69, 9.17) is 5.73 Å². The first-order chi connectivity index (χ1) is 18.9. The average molecular weight is 576 g/mol. The largest absolute Gasteiger partial charge is 0.480 e. The highest BCUT2D eigenvalue weighted by molar-refractivity contribution is 5.95. The summed E-state index contributed by atoms with van der Waals surface area (Å²) in [4.78, 5) is 70.4. The van der Waals surface area contributed by atoms with Crippen molar-refractivity contribution in [2.45, 2.75) is 84.6 Å². The SMILES string of the molecule is CC(C)C[C@@H](C(=O)N(C)[C@@H](C)C(=O)N(C)[C@@H](C)C(=O)O)N(C)C(=O)[C@H](C(C)C)N(C)C(=O)[C@@H](N)Cc1ccccc1. The van der Waals surface area contributed by atoms with Gasteiger partial charge >= 0.3 is 5.97 Å². The molecule has 0 heterocycles. The lowest BCUT2D eigenvalue weighted by atomic mass is 9.96. The summed E-state index contributed by atoms with van der Waals surface area (Å²) in [6.07, 6.45) is 0.642. The first-order valence-electron chi connectivity index (χ1n) is 14.0. The van der Waals surface area contributed by atoms with Crippen molar-refractivity contribution in [1.82, 2.24) is 19.6 Å². The average Bonchev–Trinajstić information content (AvgIpc) is 2.92. The summed E-state index contributed by atoms with van der Waals surface area (Å²) < 4.78 is 0. The predicted molar refractivity (Wildman–Crippen MR) is 158 cm³/mol.